The van der Waals surface area contributed by atoms with Crippen LogP contribution in [0, 0.1) is 5.92 Å². The molecule has 0 aliphatic heterocycles. The molecule has 0 amide bonds. The molecule has 1 N–H and O–H groups in total. The van der Waals surface area contributed by atoms with E-state index in [1.807, 2.05) is 0 Å². The zero-order valence-electron chi connectivity index (χ0n) is 13.0. The van der Waals surface area contributed by atoms with Gasteiger partial charge in [-0.3, -0.25) is 4.68 Å². The van der Waals surface area contributed by atoms with E-state index in [4.69, 9.17) is 0 Å². The number of nitrogens with one attached hydrogen (secondary N) is 1. The molecule has 4 heteroatoms. The molecule has 110 valence electrons. The van der Waals surface area contributed by atoms with Gasteiger partial charge in [-0.1, -0.05) is 34.1 Å². The summed E-state index contributed by atoms with van der Waals surface area (Å²) in [5.74, 6) is 0.672. The van der Waals surface area contributed by atoms with Crippen LogP contribution in [-0.2, 0) is 19.4 Å². The number of halogens is 1. The van der Waals surface area contributed by atoms with Crippen molar-refractivity contribution in [3.05, 3.63) is 15.9 Å². The quantitative estimate of drug-likeness (QED) is 0.786. The summed E-state index contributed by atoms with van der Waals surface area (Å²) in [6, 6.07) is 0.555. The molecule has 0 aliphatic carbocycles. The van der Waals surface area contributed by atoms with E-state index >= 15 is 0 Å². The number of aryl methyl sites for hydroxylation is 2. The maximum Gasteiger partial charge on any atom is 0.0766 e. The monoisotopic (exact) mass is 329 g/mol. The normalized spacial score (nSPS) is 13.2. The lowest BCUT2D eigenvalue weighted by atomic mass is 9.99. The van der Waals surface area contributed by atoms with Crippen LogP contribution in [0.25, 0.3) is 0 Å². The van der Waals surface area contributed by atoms with Crippen molar-refractivity contribution in [2.75, 3.05) is 6.54 Å². The molecular weight excluding hydrogens is 302 g/mol. The van der Waals surface area contributed by atoms with E-state index in [2.05, 4.69) is 65.6 Å². The van der Waals surface area contributed by atoms with Gasteiger partial charge in [0.25, 0.3) is 0 Å². The maximum absolute atomic E-state index is 4.68. The molecular formula is C15H28BrN3. The van der Waals surface area contributed by atoms with Crippen molar-refractivity contribution in [1.29, 1.82) is 0 Å². The second-order valence-corrected chi connectivity index (χ2v) is 6.21. The van der Waals surface area contributed by atoms with E-state index in [0.29, 0.717) is 12.0 Å². The van der Waals surface area contributed by atoms with Crippen LogP contribution in [0.1, 0.15) is 52.4 Å². The van der Waals surface area contributed by atoms with Gasteiger partial charge in [-0.25, -0.2) is 0 Å². The largest absolute Gasteiger partial charge is 0.314 e. The third-order valence-corrected chi connectivity index (χ3v) is 4.48. The molecule has 0 saturated heterocycles. The fourth-order valence-electron chi connectivity index (χ4n) is 2.25. The Labute approximate surface area is 126 Å². The van der Waals surface area contributed by atoms with Crippen LogP contribution in [0.2, 0.25) is 0 Å². The van der Waals surface area contributed by atoms with E-state index in [1.165, 1.54) is 22.3 Å². The molecule has 1 atom stereocenters. The standard InChI is InChI=1S/C15H28BrN3/c1-6-12(10-17-11(4)5)9-14-15(16)13(7-2)18-19(14)8-3/h11-12,17H,6-10H2,1-5H3. The Kier molecular flexibility index (Phi) is 7.08. The van der Waals surface area contributed by atoms with Crippen molar-refractivity contribution in [2.24, 2.45) is 5.92 Å². The lowest BCUT2D eigenvalue weighted by Gasteiger charge is -2.18. The van der Waals surface area contributed by atoms with Crippen molar-refractivity contribution in [3.8, 4) is 0 Å². The highest BCUT2D eigenvalue weighted by Gasteiger charge is 2.17. The Morgan fingerprint density at radius 3 is 2.42 bits per heavy atom. The van der Waals surface area contributed by atoms with Crippen molar-refractivity contribution in [2.45, 2.75) is 66.5 Å². The molecule has 1 aromatic rings. The molecule has 19 heavy (non-hydrogen) atoms. The average molecular weight is 330 g/mol. The topological polar surface area (TPSA) is 29.9 Å². The number of hydrogen-bond donors (Lipinski definition) is 1. The summed E-state index contributed by atoms with van der Waals surface area (Å²) in [6.07, 6.45) is 3.28. The van der Waals surface area contributed by atoms with Gasteiger partial charge in [0.1, 0.15) is 0 Å². The molecule has 0 aliphatic rings. The Bertz CT molecular complexity index is 385. The molecule has 1 heterocycles. The van der Waals surface area contributed by atoms with Crippen LogP contribution in [-0.4, -0.2) is 22.4 Å². The zero-order chi connectivity index (χ0) is 14.4. The number of nitrogens with zero attached hydrogens (tertiary/aromatic N) is 2. The zero-order valence-corrected chi connectivity index (χ0v) is 14.5. The Balaban J connectivity index is 2.80. The van der Waals surface area contributed by atoms with Crippen LogP contribution in [0.5, 0.6) is 0 Å². The minimum Gasteiger partial charge on any atom is -0.314 e. The van der Waals surface area contributed by atoms with E-state index in [9.17, 15) is 0 Å². The molecule has 3 nitrogen and oxygen atoms in total. The van der Waals surface area contributed by atoms with Crippen molar-refractivity contribution < 1.29 is 0 Å². The molecule has 1 rings (SSSR count). The molecule has 0 bridgehead atoms. The van der Waals surface area contributed by atoms with E-state index in [1.54, 1.807) is 0 Å². The van der Waals surface area contributed by atoms with Crippen LogP contribution in [0.3, 0.4) is 0 Å². The van der Waals surface area contributed by atoms with Gasteiger partial charge in [-0.15, -0.1) is 0 Å². The van der Waals surface area contributed by atoms with Crippen molar-refractivity contribution >= 4 is 15.9 Å². The van der Waals surface area contributed by atoms with Crippen LogP contribution < -0.4 is 5.32 Å². The first kappa shape index (κ1) is 16.7. The van der Waals surface area contributed by atoms with Crippen molar-refractivity contribution in [1.82, 2.24) is 15.1 Å². The van der Waals surface area contributed by atoms with E-state index < -0.39 is 0 Å². The van der Waals surface area contributed by atoms with Gasteiger partial charge in [0.15, 0.2) is 0 Å². The second kappa shape index (κ2) is 8.05. The highest BCUT2D eigenvalue weighted by atomic mass is 79.9. The van der Waals surface area contributed by atoms with Gasteiger partial charge in [0.2, 0.25) is 0 Å². The minimum absolute atomic E-state index is 0.555. The number of rotatable bonds is 8. The Morgan fingerprint density at radius 1 is 1.26 bits per heavy atom. The smallest absolute Gasteiger partial charge is 0.0766 e. The summed E-state index contributed by atoms with van der Waals surface area (Å²) in [5, 5.41) is 8.23. The van der Waals surface area contributed by atoms with Gasteiger partial charge in [-0.2, -0.15) is 5.10 Å². The molecule has 0 spiro atoms. The first-order valence-corrected chi connectivity index (χ1v) is 8.30. The SMILES string of the molecule is CCc1nn(CC)c(CC(CC)CNC(C)C)c1Br. The third kappa shape index (κ3) is 4.60. The van der Waals surface area contributed by atoms with Crippen LogP contribution >= 0.6 is 15.9 Å². The van der Waals surface area contributed by atoms with Gasteiger partial charge >= 0.3 is 0 Å². The summed E-state index contributed by atoms with van der Waals surface area (Å²) in [6.45, 7) is 13.0. The molecule has 0 aromatic carbocycles. The minimum atomic E-state index is 0.555. The predicted octanol–water partition coefficient (Wildman–Crippen LogP) is 3.79. The van der Waals surface area contributed by atoms with Gasteiger partial charge < -0.3 is 5.32 Å². The molecule has 0 fully saturated rings. The fraction of sp³-hybridized carbons (Fsp3) is 0.800. The van der Waals surface area contributed by atoms with Crippen LogP contribution in [0.4, 0.5) is 0 Å². The van der Waals surface area contributed by atoms with Gasteiger partial charge in [0, 0.05) is 12.6 Å². The fourth-order valence-corrected chi connectivity index (χ4v) is 2.98. The molecule has 0 radical (unpaired) electrons. The first-order valence-electron chi connectivity index (χ1n) is 7.50. The highest BCUT2D eigenvalue weighted by Crippen LogP contribution is 2.25. The summed E-state index contributed by atoms with van der Waals surface area (Å²) in [4.78, 5) is 0. The average Bonchev–Trinajstić information content (AvgIpc) is 2.70. The van der Waals surface area contributed by atoms with E-state index in [-0.39, 0.29) is 0 Å². The summed E-state index contributed by atoms with van der Waals surface area (Å²) >= 11 is 3.74. The van der Waals surface area contributed by atoms with Gasteiger partial charge in [-0.05, 0) is 48.2 Å². The van der Waals surface area contributed by atoms with Crippen LogP contribution in [0.15, 0.2) is 4.47 Å². The lowest BCUT2D eigenvalue weighted by Crippen LogP contribution is -2.30. The van der Waals surface area contributed by atoms with Gasteiger partial charge in [0.05, 0.1) is 15.9 Å². The summed E-state index contributed by atoms with van der Waals surface area (Å²) < 4.78 is 3.38. The summed E-state index contributed by atoms with van der Waals surface area (Å²) in [7, 11) is 0. The molecule has 1 aromatic heterocycles. The molecule has 1 unspecified atom stereocenters. The Hall–Kier alpha value is -0.350. The second-order valence-electron chi connectivity index (χ2n) is 5.42. The van der Waals surface area contributed by atoms with Crippen molar-refractivity contribution in [3.63, 3.8) is 0 Å². The number of hydrogen-bond acceptors (Lipinski definition) is 2. The highest BCUT2D eigenvalue weighted by molar-refractivity contribution is 9.10. The third-order valence-electron chi connectivity index (χ3n) is 3.57. The van der Waals surface area contributed by atoms with E-state index in [0.717, 1.165) is 25.9 Å². The Morgan fingerprint density at radius 2 is 1.95 bits per heavy atom. The number of aromatic nitrogens is 2. The summed E-state index contributed by atoms with van der Waals surface area (Å²) in [5.41, 5.74) is 2.54. The maximum atomic E-state index is 4.68. The molecule has 0 saturated carbocycles. The lowest BCUT2D eigenvalue weighted by molar-refractivity contribution is 0.422. The first-order chi connectivity index (χ1) is 9.03. The predicted molar refractivity (Wildman–Crippen MR) is 85.6 cm³/mol.